The van der Waals surface area contributed by atoms with Crippen LogP contribution in [0.2, 0.25) is 0 Å². The maximum Gasteiger partial charge on any atom is 0.143 e. The summed E-state index contributed by atoms with van der Waals surface area (Å²) in [6.07, 6.45) is 6.39. The van der Waals surface area contributed by atoms with E-state index in [4.69, 9.17) is 9.84 Å². The zero-order valence-electron chi connectivity index (χ0n) is 8.84. The van der Waals surface area contributed by atoms with Crippen LogP contribution in [0.1, 0.15) is 33.6 Å². The number of aliphatic hydroxyl groups is 1. The van der Waals surface area contributed by atoms with Crippen molar-refractivity contribution in [1.82, 2.24) is 0 Å². The van der Waals surface area contributed by atoms with Crippen molar-refractivity contribution in [2.45, 2.75) is 33.6 Å². The molecule has 0 spiro atoms. The lowest BCUT2D eigenvalue weighted by molar-refractivity contribution is 0.0129. The van der Waals surface area contributed by atoms with Gasteiger partial charge in [-0.25, -0.2) is 0 Å². The topological polar surface area (TPSA) is 29.5 Å². The molecule has 0 saturated heterocycles. The second-order valence-electron chi connectivity index (χ2n) is 3.37. The molecule has 0 bridgehead atoms. The molecule has 0 radical (unpaired) electrons. The summed E-state index contributed by atoms with van der Waals surface area (Å²) in [6.45, 7) is 6.61. The van der Waals surface area contributed by atoms with Crippen LogP contribution in [-0.2, 0) is 4.74 Å². The van der Waals surface area contributed by atoms with E-state index >= 15 is 0 Å². The van der Waals surface area contributed by atoms with Gasteiger partial charge in [-0.2, -0.15) is 0 Å². The normalized spacial score (nSPS) is 11.5. The van der Waals surface area contributed by atoms with Gasteiger partial charge in [0.1, 0.15) is 6.79 Å². The summed E-state index contributed by atoms with van der Waals surface area (Å²) in [5, 5.41) is 8.37. The molecule has 2 heteroatoms. The zero-order chi connectivity index (χ0) is 10.1. The molecule has 0 amide bonds. The van der Waals surface area contributed by atoms with Crippen LogP contribution in [0.4, 0.5) is 0 Å². The molecule has 0 aromatic rings. The molecule has 0 atom stereocenters. The summed E-state index contributed by atoms with van der Waals surface area (Å²) in [5.74, 6) is 0. The first-order valence-corrected chi connectivity index (χ1v) is 4.64. The van der Waals surface area contributed by atoms with E-state index in [2.05, 4.69) is 26.8 Å². The predicted molar refractivity (Wildman–Crippen MR) is 55.5 cm³/mol. The van der Waals surface area contributed by atoms with Crippen molar-refractivity contribution in [1.29, 1.82) is 0 Å². The Morgan fingerprint density at radius 3 is 2.46 bits per heavy atom. The highest BCUT2D eigenvalue weighted by Crippen LogP contribution is 2.06. The van der Waals surface area contributed by atoms with Crippen molar-refractivity contribution in [2.24, 2.45) is 0 Å². The lowest BCUT2D eigenvalue weighted by Crippen LogP contribution is -1.92. The highest BCUT2D eigenvalue weighted by molar-refractivity contribution is 5.02. The molecule has 76 valence electrons. The van der Waals surface area contributed by atoms with Gasteiger partial charge in [-0.05, 0) is 33.6 Å². The van der Waals surface area contributed by atoms with Crippen molar-refractivity contribution >= 4 is 0 Å². The Kier molecular flexibility index (Phi) is 7.65. The van der Waals surface area contributed by atoms with E-state index in [1.807, 2.05) is 6.08 Å². The van der Waals surface area contributed by atoms with Gasteiger partial charge in [0.15, 0.2) is 0 Å². The van der Waals surface area contributed by atoms with Crippen LogP contribution in [-0.4, -0.2) is 18.5 Å². The summed E-state index contributed by atoms with van der Waals surface area (Å²) in [5.41, 5.74) is 2.67. The molecular weight excluding hydrogens is 164 g/mol. The molecule has 0 rings (SSSR count). The Bertz CT molecular complexity index is 177. The molecule has 0 heterocycles. The number of hydrogen-bond acceptors (Lipinski definition) is 2. The van der Waals surface area contributed by atoms with Gasteiger partial charge in [-0.1, -0.05) is 23.3 Å². The highest BCUT2D eigenvalue weighted by Gasteiger charge is 1.88. The van der Waals surface area contributed by atoms with Crippen molar-refractivity contribution in [2.75, 3.05) is 13.4 Å². The van der Waals surface area contributed by atoms with Crippen LogP contribution >= 0.6 is 0 Å². The monoisotopic (exact) mass is 184 g/mol. The quantitative estimate of drug-likeness (QED) is 0.390. The standard InChI is InChI=1S/C11H20O2/c1-10(2)5-4-6-11(3)7-8-13-9-12/h5,7,12H,4,6,8-9H2,1-3H3/b11-7+. The van der Waals surface area contributed by atoms with Crippen molar-refractivity contribution in [3.05, 3.63) is 23.3 Å². The van der Waals surface area contributed by atoms with Gasteiger partial charge in [0.2, 0.25) is 0 Å². The third-order valence-electron chi connectivity index (χ3n) is 1.73. The molecule has 0 aliphatic rings. The molecule has 0 aromatic carbocycles. The number of allylic oxidation sites excluding steroid dienone is 3. The summed E-state index contributed by atoms with van der Waals surface area (Å²) in [6, 6.07) is 0. The van der Waals surface area contributed by atoms with E-state index in [0.29, 0.717) is 6.61 Å². The Hall–Kier alpha value is -0.600. The third kappa shape index (κ3) is 9.31. The molecule has 0 fully saturated rings. The Morgan fingerprint density at radius 2 is 1.92 bits per heavy atom. The minimum Gasteiger partial charge on any atom is -0.371 e. The fourth-order valence-electron chi connectivity index (χ4n) is 0.944. The van der Waals surface area contributed by atoms with E-state index in [9.17, 15) is 0 Å². The van der Waals surface area contributed by atoms with Gasteiger partial charge >= 0.3 is 0 Å². The fraction of sp³-hybridized carbons (Fsp3) is 0.636. The smallest absolute Gasteiger partial charge is 0.143 e. The fourth-order valence-corrected chi connectivity index (χ4v) is 0.944. The first kappa shape index (κ1) is 12.4. The van der Waals surface area contributed by atoms with Crippen molar-refractivity contribution in [3.63, 3.8) is 0 Å². The van der Waals surface area contributed by atoms with Gasteiger partial charge < -0.3 is 9.84 Å². The summed E-state index contributed by atoms with van der Waals surface area (Å²) < 4.78 is 4.80. The number of ether oxygens (including phenoxy) is 1. The number of aliphatic hydroxyl groups excluding tert-OH is 1. The van der Waals surface area contributed by atoms with Gasteiger partial charge in [0.25, 0.3) is 0 Å². The summed E-state index contributed by atoms with van der Waals surface area (Å²) in [7, 11) is 0. The highest BCUT2D eigenvalue weighted by atomic mass is 16.6. The lowest BCUT2D eigenvalue weighted by Gasteiger charge is -1.99. The van der Waals surface area contributed by atoms with E-state index in [-0.39, 0.29) is 6.79 Å². The second-order valence-corrected chi connectivity index (χ2v) is 3.37. The van der Waals surface area contributed by atoms with Crippen LogP contribution in [0.3, 0.4) is 0 Å². The number of rotatable bonds is 6. The molecule has 0 aliphatic heterocycles. The first-order chi connectivity index (χ1) is 6.16. The molecule has 0 aromatic heterocycles. The van der Waals surface area contributed by atoms with Crippen LogP contribution in [0, 0.1) is 0 Å². The average molecular weight is 184 g/mol. The molecule has 1 N–H and O–H groups in total. The van der Waals surface area contributed by atoms with Crippen LogP contribution in [0.15, 0.2) is 23.3 Å². The Morgan fingerprint density at radius 1 is 1.23 bits per heavy atom. The maximum atomic E-state index is 8.37. The Labute approximate surface area is 80.9 Å². The van der Waals surface area contributed by atoms with E-state index in [1.165, 1.54) is 11.1 Å². The van der Waals surface area contributed by atoms with Crippen LogP contribution in [0.5, 0.6) is 0 Å². The van der Waals surface area contributed by atoms with E-state index in [0.717, 1.165) is 12.8 Å². The molecule has 0 saturated carbocycles. The molecule has 2 nitrogen and oxygen atoms in total. The van der Waals surface area contributed by atoms with Crippen molar-refractivity contribution in [3.8, 4) is 0 Å². The summed E-state index contributed by atoms with van der Waals surface area (Å²) >= 11 is 0. The molecule has 0 aliphatic carbocycles. The first-order valence-electron chi connectivity index (χ1n) is 4.64. The van der Waals surface area contributed by atoms with Gasteiger partial charge in [0, 0.05) is 0 Å². The Balaban J connectivity index is 3.55. The third-order valence-corrected chi connectivity index (χ3v) is 1.73. The zero-order valence-corrected chi connectivity index (χ0v) is 8.84. The van der Waals surface area contributed by atoms with Crippen molar-refractivity contribution < 1.29 is 9.84 Å². The van der Waals surface area contributed by atoms with Gasteiger partial charge in [-0.3, -0.25) is 0 Å². The van der Waals surface area contributed by atoms with E-state index < -0.39 is 0 Å². The van der Waals surface area contributed by atoms with Crippen LogP contribution in [0.25, 0.3) is 0 Å². The molecule has 0 unspecified atom stereocenters. The average Bonchev–Trinajstić information content (AvgIpc) is 2.04. The van der Waals surface area contributed by atoms with Crippen LogP contribution < -0.4 is 0 Å². The van der Waals surface area contributed by atoms with Gasteiger partial charge in [-0.15, -0.1) is 0 Å². The lowest BCUT2D eigenvalue weighted by atomic mass is 10.1. The largest absolute Gasteiger partial charge is 0.371 e. The minimum absolute atomic E-state index is 0.197. The predicted octanol–water partition coefficient (Wildman–Crippen LogP) is 2.65. The summed E-state index contributed by atoms with van der Waals surface area (Å²) in [4.78, 5) is 0. The van der Waals surface area contributed by atoms with Gasteiger partial charge in [0.05, 0.1) is 6.61 Å². The minimum atomic E-state index is -0.197. The molecule has 13 heavy (non-hydrogen) atoms. The molecular formula is C11H20O2. The van der Waals surface area contributed by atoms with E-state index in [1.54, 1.807) is 0 Å². The number of hydrogen-bond donors (Lipinski definition) is 1. The SMILES string of the molecule is CC(C)=CCC/C(C)=C/COCO. The second kappa shape index (κ2) is 8.02. The maximum absolute atomic E-state index is 8.37.